The molecule has 0 radical (unpaired) electrons. The minimum absolute atomic E-state index is 0.0718. The van der Waals surface area contributed by atoms with Gasteiger partial charge in [-0.05, 0) is 30.9 Å². The molecule has 1 aliphatic rings. The average molecular weight is 162 g/mol. The van der Waals surface area contributed by atoms with Crippen molar-refractivity contribution in [3.63, 3.8) is 0 Å². The Kier molecular flexibility index (Phi) is 2.27. The first kappa shape index (κ1) is 7.54. The van der Waals surface area contributed by atoms with Crippen molar-refractivity contribution in [3.05, 3.63) is 0 Å². The van der Waals surface area contributed by atoms with E-state index in [2.05, 4.69) is 0 Å². The molecular formula is C6H8ClNO2. The van der Waals surface area contributed by atoms with Crippen molar-refractivity contribution in [2.45, 2.75) is 25.3 Å². The lowest BCUT2D eigenvalue weighted by Crippen LogP contribution is -2.40. The Balaban J connectivity index is 2.46. The van der Waals surface area contributed by atoms with Gasteiger partial charge in [-0.25, -0.2) is 0 Å². The maximum atomic E-state index is 10.5. The van der Waals surface area contributed by atoms with Crippen LogP contribution in [0.4, 0.5) is 4.79 Å². The number of carbonyl (C=O) groups excluding carboxylic acids is 2. The molecule has 0 unspecified atom stereocenters. The lowest BCUT2D eigenvalue weighted by Gasteiger charge is -2.31. The van der Waals surface area contributed by atoms with Crippen molar-refractivity contribution >= 4 is 23.4 Å². The van der Waals surface area contributed by atoms with Crippen molar-refractivity contribution in [2.75, 3.05) is 0 Å². The molecule has 4 heteroatoms. The maximum Gasteiger partial charge on any atom is 0.323 e. The summed E-state index contributed by atoms with van der Waals surface area (Å²) < 4.78 is 0. The Morgan fingerprint density at radius 2 is 2.20 bits per heavy atom. The van der Waals surface area contributed by atoms with Crippen molar-refractivity contribution in [2.24, 2.45) is 0 Å². The van der Waals surface area contributed by atoms with Crippen molar-refractivity contribution in [1.82, 2.24) is 4.90 Å². The van der Waals surface area contributed by atoms with Crippen molar-refractivity contribution < 1.29 is 9.59 Å². The topological polar surface area (TPSA) is 37.4 Å². The third-order valence-electron chi connectivity index (χ3n) is 1.78. The van der Waals surface area contributed by atoms with E-state index in [1.807, 2.05) is 0 Å². The highest BCUT2D eigenvalue weighted by Gasteiger charge is 2.27. The minimum Gasteiger partial charge on any atom is -0.278 e. The van der Waals surface area contributed by atoms with Crippen LogP contribution < -0.4 is 0 Å². The summed E-state index contributed by atoms with van der Waals surface area (Å²) in [6.45, 7) is 0. The third kappa shape index (κ3) is 1.29. The molecule has 0 aliphatic heterocycles. The van der Waals surface area contributed by atoms with Crippen LogP contribution in [0.1, 0.15) is 19.3 Å². The molecule has 0 aromatic heterocycles. The molecule has 1 fully saturated rings. The second-order valence-corrected chi connectivity index (χ2v) is 2.67. The molecule has 1 saturated carbocycles. The summed E-state index contributed by atoms with van der Waals surface area (Å²) in [5.74, 6) is 0. The van der Waals surface area contributed by atoms with Crippen LogP contribution in [-0.4, -0.2) is 22.7 Å². The highest BCUT2D eigenvalue weighted by molar-refractivity contribution is 6.63. The van der Waals surface area contributed by atoms with Crippen molar-refractivity contribution in [1.29, 1.82) is 0 Å². The van der Waals surface area contributed by atoms with Gasteiger partial charge in [0.15, 0.2) is 0 Å². The van der Waals surface area contributed by atoms with Gasteiger partial charge in [-0.1, -0.05) is 0 Å². The van der Waals surface area contributed by atoms with E-state index in [1.54, 1.807) is 0 Å². The van der Waals surface area contributed by atoms with Crippen LogP contribution in [0.15, 0.2) is 0 Å². The summed E-state index contributed by atoms with van der Waals surface area (Å²) in [5.41, 5.74) is 0. The average Bonchev–Trinajstić information content (AvgIpc) is 1.76. The van der Waals surface area contributed by atoms with E-state index in [0.717, 1.165) is 24.2 Å². The Bertz CT molecular complexity index is 156. The first-order chi connectivity index (χ1) is 4.75. The first-order valence-corrected chi connectivity index (χ1v) is 3.56. The lowest BCUT2D eigenvalue weighted by atomic mass is 9.92. The molecule has 56 valence electrons. The lowest BCUT2D eigenvalue weighted by molar-refractivity contribution is -0.117. The summed E-state index contributed by atoms with van der Waals surface area (Å²) in [6.07, 6.45) is 3.38. The fourth-order valence-electron chi connectivity index (χ4n) is 0.936. The number of carbonyl (C=O) groups is 2. The predicted octanol–water partition coefficient (Wildman–Crippen LogP) is 1.36. The van der Waals surface area contributed by atoms with E-state index >= 15 is 0 Å². The molecule has 0 N–H and O–H groups in total. The molecule has 1 aliphatic carbocycles. The second kappa shape index (κ2) is 3.01. The van der Waals surface area contributed by atoms with Crippen LogP contribution >= 0.6 is 11.6 Å². The fourth-order valence-corrected chi connectivity index (χ4v) is 1.11. The molecule has 0 atom stereocenters. The van der Waals surface area contributed by atoms with Gasteiger partial charge in [0.1, 0.15) is 0 Å². The van der Waals surface area contributed by atoms with Gasteiger partial charge in [0.05, 0.1) is 0 Å². The molecule has 0 bridgehead atoms. The van der Waals surface area contributed by atoms with Crippen molar-refractivity contribution in [3.8, 4) is 0 Å². The van der Waals surface area contributed by atoms with Gasteiger partial charge in [0, 0.05) is 6.04 Å². The van der Waals surface area contributed by atoms with Crippen LogP contribution in [0.25, 0.3) is 0 Å². The summed E-state index contributed by atoms with van der Waals surface area (Å²) in [5, 5.41) is -0.667. The molecule has 2 amide bonds. The van der Waals surface area contributed by atoms with Crippen LogP contribution in [0.2, 0.25) is 0 Å². The monoisotopic (exact) mass is 161 g/mol. The number of imide groups is 1. The normalized spacial score (nSPS) is 17.7. The summed E-state index contributed by atoms with van der Waals surface area (Å²) in [7, 11) is 0. The molecule has 10 heavy (non-hydrogen) atoms. The third-order valence-corrected chi connectivity index (χ3v) is 1.98. The number of halogens is 1. The van der Waals surface area contributed by atoms with Crippen LogP contribution in [0, 0.1) is 0 Å². The predicted molar refractivity (Wildman–Crippen MR) is 36.8 cm³/mol. The summed E-state index contributed by atoms with van der Waals surface area (Å²) in [6, 6.07) is 0.0718. The van der Waals surface area contributed by atoms with E-state index < -0.39 is 5.37 Å². The number of nitrogens with zero attached hydrogens (tertiary/aromatic N) is 1. The van der Waals surface area contributed by atoms with Crippen LogP contribution in [0.5, 0.6) is 0 Å². The Morgan fingerprint density at radius 3 is 2.30 bits per heavy atom. The standard InChI is InChI=1S/C6H8ClNO2/c7-6(10)8(4-9)5-2-1-3-5/h4-5H,1-3H2. The zero-order valence-corrected chi connectivity index (χ0v) is 6.17. The van der Waals surface area contributed by atoms with E-state index in [-0.39, 0.29) is 6.04 Å². The van der Waals surface area contributed by atoms with Crippen LogP contribution in [-0.2, 0) is 4.79 Å². The number of hydrogen-bond donors (Lipinski definition) is 0. The van der Waals surface area contributed by atoms with E-state index in [9.17, 15) is 9.59 Å². The fraction of sp³-hybridized carbons (Fsp3) is 0.667. The zero-order valence-electron chi connectivity index (χ0n) is 5.42. The van der Waals surface area contributed by atoms with Gasteiger partial charge in [0.2, 0.25) is 6.41 Å². The molecule has 0 aromatic rings. The molecule has 3 nitrogen and oxygen atoms in total. The minimum atomic E-state index is -0.667. The summed E-state index contributed by atoms with van der Waals surface area (Å²) >= 11 is 5.11. The van der Waals surface area contributed by atoms with Gasteiger partial charge in [-0.2, -0.15) is 0 Å². The van der Waals surface area contributed by atoms with Gasteiger partial charge in [-0.15, -0.1) is 0 Å². The summed E-state index contributed by atoms with van der Waals surface area (Å²) in [4.78, 5) is 21.7. The Labute approximate surface area is 63.9 Å². The highest BCUT2D eigenvalue weighted by atomic mass is 35.5. The molecule has 0 spiro atoms. The van der Waals surface area contributed by atoms with Crippen LogP contribution in [0.3, 0.4) is 0 Å². The first-order valence-electron chi connectivity index (χ1n) is 3.19. The zero-order chi connectivity index (χ0) is 7.56. The van der Waals surface area contributed by atoms with Gasteiger partial charge in [0.25, 0.3) is 0 Å². The largest absolute Gasteiger partial charge is 0.323 e. The smallest absolute Gasteiger partial charge is 0.278 e. The molecule has 0 saturated heterocycles. The number of amides is 2. The maximum absolute atomic E-state index is 10.5. The Hall–Kier alpha value is -0.570. The molecular weight excluding hydrogens is 154 g/mol. The molecule has 1 rings (SSSR count). The quantitative estimate of drug-likeness (QED) is 0.348. The van der Waals surface area contributed by atoms with E-state index in [4.69, 9.17) is 11.6 Å². The van der Waals surface area contributed by atoms with Gasteiger partial charge < -0.3 is 0 Å². The van der Waals surface area contributed by atoms with Gasteiger partial charge >= 0.3 is 5.37 Å². The Morgan fingerprint density at radius 1 is 1.60 bits per heavy atom. The second-order valence-electron chi connectivity index (χ2n) is 2.35. The van der Waals surface area contributed by atoms with Gasteiger partial charge in [-0.3, -0.25) is 14.5 Å². The number of rotatable bonds is 2. The van der Waals surface area contributed by atoms with E-state index in [1.165, 1.54) is 0 Å². The molecule has 0 heterocycles. The number of hydrogen-bond acceptors (Lipinski definition) is 2. The van der Waals surface area contributed by atoms with E-state index in [0.29, 0.717) is 6.41 Å². The molecule has 0 aromatic carbocycles. The SMILES string of the molecule is O=CN(C(=O)Cl)C1CCC1. The highest BCUT2D eigenvalue weighted by Crippen LogP contribution is 2.24.